The SMILES string of the molecule is [2H]c1c([2H])c([2H])c(-n2c(-c3cccc(-c4c5c([2H])c([2H])c([2H])c([2H])c5c(-c5cc(-c6ccccc6)cc(-c6ccccc6)c5)c5c([2H])c([2H])c([2H])c([2H])c45)c3)nc3ccccc32)c([2H])c1[2H]. The topological polar surface area (TPSA) is 17.8 Å². The maximum Gasteiger partial charge on any atom is 0.145 e. The van der Waals surface area contributed by atoms with Gasteiger partial charge in [-0.25, -0.2) is 4.98 Å². The second-order valence-electron chi connectivity index (χ2n) is 12.6. The van der Waals surface area contributed by atoms with E-state index in [-0.39, 0.29) is 44.2 Å². The van der Waals surface area contributed by atoms with Gasteiger partial charge in [0, 0.05) is 11.3 Å². The van der Waals surface area contributed by atoms with E-state index in [0.717, 1.165) is 22.3 Å². The molecule has 0 N–H and O–H groups in total. The second kappa shape index (κ2) is 12.9. The Hall–Kier alpha value is -7.03. The number of hydrogen-bond acceptors (Lipinski definition) is 1. The first-order chi connectivity index (χ1) is 31.7. The summed E-state index contributed by atoms with van der Waals surface area (Å²) in [5.74, 6) is 0.191. The molecule has 10 aromatic rings. The van der Waals surface area contributed by atoms with Crippen molar-refractivity contribution in [1.82, 2.24) is 9.55 Å². The van der Waals surface area contributed by atoms with Crippen molar-refractivity contribution in [2.24, 2.45) is 0 Å². The molecule has 0 aliphatic heterocycles. The molecule has 0 bridgehead atoms. The van der Waals surface area contributed by atoms with Gasteiger partial charge in [0.25, 0.3) is 0 Å². The van der Waals surface area contributed by atoms with Gasteiger partial charge in [0.15, 0.2) is 0 Å². The minimum absolute atomic E-state index is 0.0242. The Balaban J connectivity index is 1.36. The van der Waals surface area contributed by atoms with Gasteiger partial charge in [-0.2, -0.15) is 0 Å². The fourth-order valence-corrected chi connectivity index (χ4v) is 7.18. The number of fused-ring (bicyclic) bond motifs is 3. The average molecular weight is 688 g/mol. The smallest absolute Gasteiger partial charge is 0.145 e. The van der Waals surface area contributed by atoms with Crippen LogP contribution in [-0.4, -0.2) is 9.55 Å². The molecule has 248 valence electrons. The number of benzene rings is 9. The molecule has 0 atom stereocenters. The molecule has 0 spiro atoms. The first kappa shape index (κ1) is 20.1. The first-order valence-corrected chi connectivity index (χ1v) is 17.1. The summed E-state index contributed by atoms with van der Waals surface area (Å²) >= 11 is 0. The van der Waals surface area contributed by atoms with Crippen LogP contribution >= 0.6 is 0 Å². The highest BCUT2D eigenvalue weighted by atomic mass is 15.1. The lowest BCUT2D eigenvalue weighted by Crippen LogP contribution is -1.97. The Morgan fingerprint density at radius 1 is 0.377 bits per heavy atom. The molecule has 0 saturated heterocycles. The van der Waals surface area contributed by atoms with Crippen molar-refractivity contribution in [2.75, 3.05) is 0 Å². The Kier molecular flexibility index (Phi) is 4.91. The number of rotatable bonds is 6. The molecule has 0 fully saturated rings. The van der Waals surface area contributed by atoms with Gasteiger partial charge in [-0.05, 0) is 115 Å². The van der Waals surface area contributed by atoms with Crippen LogP contribution in [0.25, 0.3) is 94.2 Å². The van der Waals surface area contributed by atoms with Gasteiger partial charge in [0.05, 0.1) is 28.9 Å². The van der Waals surface area contributed by atoms with E-state index in [0.29, 0.717) is 27.7 Å². The Labute approximate surface area is 327 Å². The van der Waals surface area contributed by atoms with Crippen molar-refractivity contribution in [3.63, 3.8) is 0 Å². The van der Waals surface area contributed by atoms with Crippen molar-refractivity contribution in [3.8, 4) is 61.6 Å². The zero-order valence-corrected chi connectivity index (χ0v) is 28.0. The lowest BCUT2D eigenvalue weighted by atomic mass is 9.84. The number of hydrogen-bond donors (Lipinski definition) is 0. The lowest BCUT2D eigenvalue weighted by molar-refractivity contribution is 1.10. The standard InChI is InChI=1S/C51H34N2/c1-4-17-35(18-5-1)39-32-40(36-19-6-2-7-20-36)34-41(33-39)50-45-27-12-10-25-43(45)49(44-26-11-13-28-46(44)50)37-21-16-22-38(31-37)51-52-47-29-14-15-30-48(47)53(51)42-23-8-3-9-24-42/h1-34H/i3D,8D,9D,10D,11D,12D,13D,23D,24D,25D,26D,27D,28D. The molecular formula is C51H34N2. The molecule has 0 aliphatic carbocycles. The number of nitrogens with zero attached hydrogens (tertiary/aromatic N) is 2. The summed E-state index contributed by atoms with van der Waals surface area (Å²) in [6.45, 7) is 0. The molecular weight excluding hydrogens is 641 g/mol. The van der Waals surface area contributed by atoms with E-state index in [9.17, 15) is 5.48 Å². The van der Waals surface area contributed by atoms with Gasteiger partial charge < -0.3 is 0 Å². The molecule has 0 aliphatic rings. The minimum Gasteiger partial charge on any atom is -0.292 e. The van der Waals surface area contributed by atoms with E-state index in [1.165, 1.54) is 4.57 Å². The van der Waals surface area contributed by atoms with E-state index >= 15 is 0 Å². The summed E-state index contributed by atoms with van der Waals surface area (Å²) in [6.07, 6.45) is 0. The predicted octanol–water partition coefficient (Wildman–Crippen LogP) is 13.7. The van der Waals surface area contributed by atoms with Crippen LogP contribution in [0.2, 0.25) is 0 Å². The van der Waals surface area contributed by atoms with E-state index in [1.807, 2.05) is 78.9 Å². The first-order valence-electron chi connectivity index (χ1n) is 23.6. The van der Waals surface area contributed by atoms with E-state index in [2.05, 4.69) is 0 Å². The number of imidazole rings is 1. The van der Waals surface area contributed by atoms with Crippen LogP contribution in [0.1, 0.15) is 17.8 Å². The van der Waals surface area contributed by atoms with Gasteiger partial charge in [0.1, 0.15) is 5.82 Å². The molecule has 0 radical (unpaired) electrons. The van der Waals surface area contributed by atoms with Crippen LogP contribution in [-0.2, 0) is 0 Å². The number of para-hydroxylation sites is 3. The third-order valence-corrected chi connectivity index (χ3v) is 9.49. The molecule has 0 amide bonds. The van der Waals surface area contributed by atoms with Crippen molar-refractivity contribution in [2.45, 2.75) is 0 Å². The maximum atomic E-state index is 9.58. The van der Waals surface area contributed by atoms with Crippen LogP contribution in [0.4, 0.5) is 0 Å². The van der Waals surface area contributed by atoms with Crippen LogP contribution in [0.15, 0.2) is 206 Å². The molecule has 0 saturated carbocycles. The van der Waals surface area contributed by atoms with E-state index in [1.54, 1.807) is 48.5 Å². The van der Waals surface area contributed by atoms with Crippen molar-refractivity contribution in [1.29, 1.82) is 0 Å². The van der Waals surface area contributed by atoms with Crippen LogP contribution in [0, 0.1) is 0 Å². The third-order valence-electron chi connectivity index (χ3n) is 9.49. The fourth-order valence-electron chi connectivity index (χ4n) is 7.18. The van der Waals surface area contributed by atoms with Gasteiger partial charge >= 0.3 is 0 Å². The van der Waals surface area contributed by atoms with Gasteiger partial charge in [-0.15, -0.1) is 0 Å². The summed E-state index contributed by atoms with van der Waals surface area (Å²) in [5.41, 5.74) is 5.52. The van der Waals surface area contributed by atoms with E-state index < -0.39 is 78.6 Å². The summed E-state index contributed by atoms with van der Waals surface area (Å²) in [7, 11) is 0. The second-order valence-corrected chi connectivity index (χ2v) is 12.6. The van der Waals surface area contributed by atoms with Crippen LogP contribution in [0.5, 0.6) is 0 Å². The Morgan fingerprint density at radius 2 is 0.830 bits per heavy atom. The normalized spacial score (nSPS) is 14.8. The van der Waals surface area contributed by atoms with Crippen molar-refractivity contribution >= 4 is 32.6 Å². The zero-order chi connectivity index (χ0) is 46.5. The highest BCUT2D eigenvalue weighted by Gasteiger charge is 2.20. The molecule has 2 nitrogen and oxygen atoms in total. The third kappa shape index (κ3) is 5.40. The van der Waals surface area contributed by atoms with Gasteiger partial charge in [-0.1, -0.05) is 157 Å². The predicted molar refractivity (Wildman–Crippen MR) is 223 cm³/mol. The van der Waals surface area contributed by atoms with Crippen molar-refractivity contribution < 1.29 is 17.8 Å². The van der Waals surface area contributed by atoms with Crippen molar-refractivity contribution in [3.05, 3.63) is 206 Å². The Bertz CT molecular complexity index is 3520. The molecule has 2 heteroatoms. The molecule has 10 rings (SSSR count). The fraction of sp³-hybridized carbons (Fsp3) is 0. The Morgan fingerprint density at radius 3 is 1.43 bits per heavy atom. The number of aromatic nitrogens is 2. The van der Waals surface area contributed by atoms with Crippen LogP contribution < -0.4 is 0 Å². The van der Waals surface area contributed by atoms with Gasteiger partial charge in [-0.3, -0.25) is 4.57 Å². The highest BCUT2D eigenvalue weighted by Crippen LogP contribution is 2.46. The largest absolute Gasteiger partial charge is 0.292 e. The summed E-state index contributed by atoms with van der Waals surface area (Å²) in [5, 5.41) is 0.149. The lowest BCUT2D eigenvalue weighted by Gasteiger charge is -2.19. The van der Waals surface area contributed by atoms with E-state index in [4.69, 9.17) is 17.3 Å². The van der Waals surface area contributed by atoms with Gasteiger partial charge in [0.2, 0.25) is 0 Å². The zero-order valence-electron chi connectivity index (χ0n) is 41.0. The van der Waals surface area contributed by atoms with Crippen LogP contribution in [0.3, 0.4) is 0 Å². The summed E-state index contributed by atoms with van der Waals surface area (Å²) in [4.78, 5) is 4.90. The maximum absolute atomic E-state index is 9.58. The summed E-state index contributed by atoms with van der Waals surface area (Å²) in [6, 6.07) is 32.4. The average Bonchev–Trinajstić information content (AvgIpc) is 3.73. The molecule has 53 heavy (non-hydrogen) atoms. The highest BCUT2D eigenvalue weighted by molar-refractivity contribution is 6.21. The molecule has 1 aromatic heterocycles. The molecule has 1 heterocycles. The molecule has 0 unspecified atom stereocenters. The summed E-state index contributed by atoms with van der Waals surface area (Å²) < 4.78 is 119. The quantitative estimate of drug-likeness (QED) is 0.159. The molecule has 9 aromatic carbocycles. The monoisotopic (exact) mass is 687 g/mol. The minimum atomic E-state index is -0.555.